The first-order valence-corrected chi connectivity index (χ1v) is 17.3. The third-order valence-corrected chi connectivity index (χ3v) is 8.14. The number of hydrogen-bond donors (Lipinski definition) is 0. The van der Waals surface area contributed by atoms with Crippen molar-refractivity contribution in [2.75, 3.05) is 0 Å². The summed E-state index contributed by atoms with van der Waals surface area (Å²) >= 11 is 0. The molecule has 0 aliphatic carbocycles. The van der Waals surface area contributed by atoms with E-state index < -0.39 is 8.32 Å². The Balaban J connectivity index is 1.73. The Labute approximate surface area is 207 Å². The Kier molecular flexibility index (Phi) is 10.8. The molecule has 2 rings (SSSR count). The SMILES string of the molecule is Cc1cc(O[Si](C)(C)C)cc2c1OC(C)(CCCC(C)CCCC(C)CCCC(C)C)CC2. The lowest BCUT2D eigenvalue weighted by molar-refractivity contribution is 0.0515. The predicted octanol–water partition coefficient (Wildman–Crippen LogP) is 9.73. The van der Waals surface area contributed by atoms with Gasteiger partial charge in [-0.15, -0.1) is 0 Å². The van der Waals surface area contributed by atoms with E-state index in [-0.39, 0.29) is 5.60 Å². The van der Waals surface area contributed by atoms with Crippen LogP contribution in [-0.2, 0) is 6.42 Å². The zero-order valence-electron chi connectivity index (χ0n) is 23.5. The highest BCUT2D eigenvalue weighted by Gasteiger charge is 2.32. The van der Waals surface area contributed by atoms with Gasteiger partial charge in [0.2, 0.25) is 8.32 Å². The van der Waals surface area contributed by atoms with Crippen molar-refractivity contribution in [2.24, 2.45) is 17.8 Å². The van der Waals surface area contributed by atoms with E-state index in [0.717, 1.165) is 48.5 Å². The van der Waals surface area contributed by atoms with Crippen LogP contribution in [-0.4, -0.2) is 13.9 Å². The zero-order valence-corrected chi connectivity index (χ0v) is 24.5. The Morgan fingerprint density at radius 2 is 1.48 bits per heavy atom. The van der Waals surface area contributed by atoms with Crippen LogP contribution in [0, 0.1) is 24.7 Å². The number of benzene rings is 1. The first kappa shape index (κ1) is 28.3. The van der Waals surface area contributed by atoms with E-state index in [9.17, 15) is 0 Å². The van der Waals surface area contributed by atoms with Crippen LogP contribution in [0.1, 0.15) is 110 Å². The second-order valence-electron chi connectivity index (χ2n) is 12.9. The normalized spacial score (nSPS) is 20.3. The van der Waals surface area contributed by atoms with Crippen molar-refractivity contribution in [1.29, 1.82) is 0 Å². The molecule has 0 amide bonds. The molecule has 0 fully saturated rings. The van der Waals surface area contributed by atoms with Crippen molar-refractivity contribution >= 4 is 8.32 Å². The van der Waals surface area contributed by atoms with Gasteiger partial charge in [-0.05, 0) is 100 Å². The van der Waals surface area contributed by atoms with Crippen molar-refractivity contribution in [3.8, 4) is 11.5 Å². The molecular formula is C30H54O2Si. The summed E-state index contributed by atoms with van der Waals surface area (Å²) in [4.78, 5) is 0. The van der Waals surface area contributed by atoms with Crippen LogP contribution in [0.25, 0.3) is 0 Å². The van der Waals surface area contributed by atoms with Crippen LogP contribution in [0.4, 0.5) is 0 Å². The van der Waals surface area contributed by atoms with Crippen molar-refractivity contribution in [3.63, 3.8) is 0 Å². The molecule has 3 atom stereocenters. The summed E-state index contributed by atoms with van der Waals surface area (Å²) in [6.07, 6.45) is 14.4. The molecule has 0 N–H and O–H groups in total. The average molecular weight is 475 g/mol. The molecule has 0 bridgehead atoms. The van der Waals surface area contributed by atoms with Crippen molar-refractivity contribution in [1.82, 2.24) is 0 Å². The number of ether oxygens (including phenoxy) is 1. The van der Waals surface area contributed by atoms with Gasteiger partial charge in [-0.2, -0.15) is 0 Å². The maximum Gasteiger partial charge on any atom is 0.242 e. The van der Waals surface area contributed by atoms with E-state index in [0.29, 0.717) is 0 Å². The second-order valence-corrected chi connectivity index (χ2v) is 17.3. The summed E-state index contributed by atoms with van der Waals surface area (Å²) in [5.41, 5.74) is 2.53. The smallest absolute Gasteiger partial charge is 0.242 e. The van der Waals surface area contributed by atoms with Crippen LogP contribution >= 0.6 is 0 Å². The topological polar surface area (TPSA) is 18.5 Å². The van der Waals surface area contributed by atoms with E-state index in [4.69, 9.17) is 9.16 Å². The molecule has 1 aromatic rings. The molecule has 3 heteroatoms. The highest BCUT2D eigenvalue weighted by Crippen LogP contribution is 2.40. The van der Waals surface area contributed by atoms with Gasteiger partial charge in [-0.1, -0.05) is 72.6 Å². The number of hydrogen-bond acceptors (Lipinski definition) is 2. The van der Waals surface area contributed by atoms with Gasteiger partial charge >= 0.3 is 0 Å². The first-order chi connectivity index (χ1) is 15.4. The molecule has 33 heavy (non-hydrogen) atoms. The lowest BCUT2D eigenvalue weighted by Gasteiger charge is -2.37. The van der Waals surface area contributed by atoms with Crippen LogP contribution in [0.3, 0.4) is 0 Å². The monoisotopic (exact) mass is 474 g/mol. The molecule has 0 radical (unpaired) electrons. The van der Waals surface area contributed by atoms with Crippen LogP contribution in [0.5, 0.6) is 11.5 Å². The quantitative estimate of drug-likeness (QED) is 0.250. The molecule has 0 spiro atoms. The van der Waals surface area contributed by atoms with E-state index in [2.05, 4.69) is 73.3 Å². The van der Waals surface area contributed by atoms with E-state index in [1.165, 1.54) is 62.5 Å². The van der Waals surface area contributed by atoms with E-state index in [1.807, 2.05) is 0 Å². The lowest BCUT2D eigenvalue weighted by Crippen LogP contribution is -2.37. The minimum atomic E-state index is -1.59. The largest absolute Gasteiger partial charge is 0.544 e. The molecular weight excluding hydrogens is 420 g/mol. The number of rotatable bonds is 14. The van der Waals surface area contributed by atoms with Gasteiger partial charge in [0.15, 0.2) is 0 Å². The molecule has 0 saturated carbocycles. The second kappa shape index (κ2) is 12.7. The van der Waals surface area contributed by atoms with E-state index >= 15 is 0 Å². The summed E-state index contributed by atoms with van der Waals surface area (Å²) in [5, 5.41) is 0. The van der Waals surface area contributed by atoms with Crippen molar-refractivity contribution < 1.29 is 9.16 Å². The van der Waals surface area contributed by atoms with Crippen LogP contribution < -0.4 is 9.16 Å². The van der Waals surface area contributed by atoms with Gasteiger partial charge in [0.1, 0.15) is 17.1 Å². The Morgan fingerprint density at radius 1 is 0.909 bits per heavy atom. The lowest BCUT2D eigenvalue weighted by atomic mass is 9.85. The molecule has 1 heterocycles. The standard InChI is InChI=1S/C30H54O2Si/c1-23(2)13-10-14-24(3)15-11-16-25(4)17-12-19-30(6)20-18-27-22-28(32-33(7,8)9)21-26(5)29(27)31-30/h21-25H,10-20H2,1-9H3. The van der Waals surface area contributed by atoms with Gasteiger partial charge in [0.05, 0.1) is 0 Å². The van der Waals surface area contributed by atoms with E-state index in [1.54, 1.807) is 0 Å². The Bertz CT molecular complexity index is 721. The molecule has 1 aliphatic heterocycles. The number of aryl methyl sites for hydroxylation is 2. The fourth-order valence-corrected chi connectivity index (χ4v) is 6.06. The minimum Gasteiger partial charge on any atom is -0.544 e. The van der Waals surface area contributed by atoms with Gasteiger partial charge in [0.25, 0.3) is 0 Å². The molecule has 0 saturated heterocycles. The summed E-state index contributed by atoms with van der Waals surface area (Å²) in [6.45, 7) is 20.8. The summed E-state index contributed by atoms with van der Waals surface area (Å²) in [6, 6.07) is 4.40. The third kappa shape index (κ3) is 10.5. The first-order valence-electron chi connectivity index (χ1n) is 13.9. The van der Waals surface area contributed by atoms with Gasteiger partial charge < -0.3 is 9.16 Å². The maximum absolute atomic E-state index is 6.64. The predicted molar refractivity (Wildman–Crippen MR) is 147 cm³/mol. The van der Waals surface area contributed by atoms with Gasteiger partial charge in [-0.25, -0.2) is 0 Å². The molecule has 1 aromatic carbocycles. The summed E-state index contributed by atoms with van der Waals surface area (Å²) in [5.74, 6) is 4.72. The maximum atomic E-state index is 6.64. The van der Waals surface area contributed by atoms with Crippen molar-refractivity contribution in [2.45, 2.75) is 137 Å². The number of fused-ring (bicyclic) bond motifs is 1. The zero-order chi connectivity index (χ0) is 24.6. The fraction of sp³-hybridized carbons (Fsp3) is 0.800. The van der Waals surface area contributed by atoms with Crippen LogP contribution in [0.2, 0.25) is 19.6 Å². The summed E-state index contributed by atoms with van der Waals surface area (Å²) in [7, 11) is -1.59. The molecule has 3 unspecified atom stereocenters. The third-order valence-electron chi connectivity index (χ3n) is 7.30. The Morgan fingerprint density at radius 3 is 2.06 bits per heavy atom. The summed E-state index contributed by atoms with van der Waals surface area (Å²) < 4.78 is 12.9. The van der Waals surface area contributed by atoms with Crippen molar-refractivity contribution in [3.05, 3.63) is 23.3 Å². The fourth-order valence-electron chi connectivity index (χ4n) is 5.23. The highest BCUT2D eigenvalue weighted by atomic mass is 28.4. The molecule has 1 aliphatic rings. The minimum absolute atomic E-state index is 0.0242. The molecule has 2 nitrogen and oxygen atoms in total. The van der Waals surface area contributed by atoms with Gasteiger partial charge in [-0.3, -0.25) is 0 Å². The highest BCUT2D eigenvalue weighted by molar-refractivity contribution is 6.70. The molecule has 190 valence electrons. The molecule has 0 aromatic heterocycles. The van der Waals surface area contributed by atoms with Gasteiger partial charge in [0, 0.05) is 0 Å². The Hall–Kier alpha value is -0.963. The van der Waals surface area contributed by atoms with Crippen LogP contribution in [0.15, 0.2) is 12.1 Å². The average Bonchev–Trinajstić information content (AvgIpc) is 2.67.